The third-order valence-electron chi connectivity index (χ3n) is 1.55. The standard InChI is InChI=1S/C8H9N3O/c1-6(5-9)8(12)7-3-4-11(2)10-7/h3-4,6H,1-2H3. The Labute approximate surface area is 70.4 Å². The van der Waals surface area contributed by atoms with E-state index in [1.807, 2.05) is 6.07 Å². The predicted molar refractivity (Wildman–Crippen MR) is 42.3 cm³/mol. The number of ketones is 1. The molecule has 0 aliphatic heterocycles. The minimum absolute atomic E-state index is 0.224. The Hall–Kier alpha value is -1.63. The van der Waals surface area contributed by atoms with Crippen molar-refractivity contribution in [3.8, 4) is 6.07 Å². The van der Waals surface area contributed by atoms with Crippen molar-refractivity contribution >= 4 is 5.78 Å². The van der Waals surface area contributed by atoms with Crippen LogP contribution in [-0.4, -0.2) is 15.6 Å². The zero-order valence-corrected chi connectivity index (χ0v) is 6.98. The predicted octanol–water partition coefficient (Wildman–Crippen LogP) is 0.762. The summed E-state index contributed by atoms with van der Waals surface area (Å²) in [6, 6.07) is 3.48. The van der Waals surface area contributed by atoms with E-state index in [1.165, 1.54) is 4.68 Å². The fourth-order valence-corrected chi connectivity index (χ4v) is 0.827. The van der Waals surface area contributed by atoms with E-state index in [4.69, 9.17) is 5.26 Å². The lowest BCUT2D eigenvalue weighted by Gasteiger charge is -1.95. The molecule has 0 aromatic carbocycles. The van der Waals surface area contributed by atoms with Crippen LogP contribution in [-0.2, 0) is 7.05 Å². The Morgan fingerprint density at radius 2 is 2.50 bits per heavy atom. The van der Waals surface area contributed by atoms with Gasteiger partial charge in [0.15, 0.2) is 5.78 Å². The van der Waals surface area contributed by atoms with Gasteiger partial charge in [0, 0.05) is 13.2 Å². The molecule has 0 radical (unpaired) electrons. The highest BCUT2D eigenvalue weighted by molar-refractivity contribution is 5.97. The second-order valence-corrected chi connectivity index (χ2v) is 2.59. The Kier molecular flexibility index (Phi) is 2.24. The van der Waals surface area contributed by atoms with Crippen LogP contribution in [0.1, 0.15) is 17.4 Å². The molecular formula is C8H9N3O. The van der Waals surface area contributed by atoms with Crippen LogP contribution < -0.4 is 0 Å². The third kappa shape index (κ3) is 1.51. The largest absolute Gasteiger partial charge is 0.291 e. The SMILES string of the molecule is CC(C#N)C(=O)c1ccn(C)n1. The third-order valence-corrected chi connectivity index (χ3v) is 1.55. The molecule has 1 rings (SSSR count). The van der Waals surface area contributed by atoms with E-state index in [1.54, 1.807) is 26.2 Å². The summed E-state index contributed by atoms with van der Waals surface area (Å²) in [5, 5.41) is 12.4. The second kappa shape index (κ2) is 3.18. The number of rotatable bonds is 2. The second-order valence-electron chi connectivity index (χ2n) is 2.59. The van der Waals surface area contributed by atoms with Crippen molar-refractivity contribution < 1.29 is 4.79 Å². The highest BCUT2D eigenvalue weighted by atomic mass is 16.1. The number of aromatic nitrogens is 2. The molecule has 0 saturated carbocycles. The fourth-order valence-electron chi connectivity index (χ4n) is 0.827. The Bertz CT molecular complexity index is 334. The van der Waals surface area contributed by atoms with E-state index in [0.29, 0.717) is 5.69 Å². The molecule has 0 amide bonds. The van der Waals surface area contributed by atoms with Gasteiger partial charge in [0.05, 0.1) is 6.07 Å². The first kappa shape index (κ1) is 8.47. The minimum Gasteiger partial charge on any atom is -0.291 e. The molecule has 12 heavy (non-hydrogen) atoms. The van der Waals surface area contributed by atoms with E-state index < -0.39 is 5.92 Å². The number of hydrogen-bond donors (Lipinski definition) is 0. The first-order valence-electron chi connectivity index (χ1n) is 3.58. The molecule has 0 bridgehead atoms. The minimum atomic E-state index is -0.611. The molecule has 0 aliphatic carbocycles. The zero-order chi connectivity index (χ0) is 9.14. The Morgan fingerprint density at radius 1 is 1.83 bits per heavy atom. The molecule has 1 atom stereocenters. The lowest BCUT2D eigenvalue weighted by atomic mass is 10.1. The molecule has 0 saturated heterocycles. The van der Waals surface area contributed by atoms with Crippen LogP contribution in [0.5, 0.6) is 0 Å². The number of carbonyl (C=O) groups excluding carboxylic acids is 1. The van der Waals surface area contributed by atoms with Crippen molar-refractivity contribution in [2.75, 3.05) is 0 Å². The van der Waals surface area contributed by atoms with Gasteiger partial charge in [-0.1, -0.05) is 0 Å². The van der Waals surface area contributed by atoms with Crippen molar-refractivity contribution in [3.63, 3.8) is 0 Å². The van der Waals surface area contributed by atoms with E-state index in [2.05, 4.69) is 5.10 Å². The summed E-state index contributed by atoms with van der Waals surface area (Å²) >= 11 is 0. The Morgan fingerprint density at radius 3 is 2.92 bits per heavy atom. The maximum atomic E-state index is 11.3. The van der Waals surface area contributed by atoms with E-state index >= 15 is 0 Å². The Balaban J connectivity index is 2.87. The molecule has 0 fully saturated rings. The van der Waals surface area contributed by atoms with Crippen molar-refractivity contribution in [1.29, 1.82) is 5.26 Å². The maximum Gasteiger partial charge on any atom is 0.199 e. The van der Waals surface area contributed by atoms with Gasteiger partial charge >= 0.3 is 0 Å². The molecule has 0 N–H and O–H groups in total. The van der Waals surface area contributed by atoms with Gasteiger partial charge in [-0.3, -0.25) is 9.48 Å². The highest BCUT2D eigenvalue weighted by Crippen LogP contribution is 2.04. The van der Waals surface area contributed by atoms with E-state index in [0.717, 1.165) is 0 Å². The summed E-state index contributed by atoms with van der Waals surface area (Å²) in [4.78, 5) is 11.3. The molecule has 1 heterocycles. The summed E-state index contributed by atoms with van der Waals surface area (Å²) in [6.45, 7) is 1.57. The number of hydrogen-bond acceptors (Lipinski definition) is 3. The van der Waals surface area contributed by atoms with Crippen LogP contribution in [0.4, 0.5) is 0 Å². The molecule has 4 nitrogen and oxygen atoms in total. The molecule has 0 aliphatic rings. The molecule has 0 spiro atoms. The van der Waals surface area contributed by atoms with Gasteiger partial charge in [-0.25, -0.2) is 0 Å². The first-order valence-corrected chi connectivity index (χ1v) is 3.58. The lowest BCUT2D eigenvalue weighted by molar-refractivity contribution is 0.0951. The monoisotopic (exact) mass is 163 g/mol. The normalized spacial score (nSPS) is 12.1. The van der Waals surface area contributed by atoms with Gasteiger partial charge in [-0.2, -0.15) is 10.4 Å². The summed E-state index contributed by atoms with van der Waals surface area (Å²) in [5.74, 6) is -0.835. The van der Waals surface area contributed by atoms with Crippen LogP contribution in [0.3, 0.4) is 0 Å². The van der Waals surface area contributed by atoms with Crippen molar-refractivity contribution in [3.05, 3.63) is 18.0 Å². The van der Waals surface area contributed by atoms with E-state index in [9.17, 15) is 4.79 Å². The van der Waals surface area contributed by atoms with Gasteiger partial charge < -0.3 is 0 Å². The number of nitriles is 1. The number of carbonyl (C=O) groups is 1. The smallest absolute Gasteiger partial charge is 0.199 e. The van der Waals surface area contributed by atoms with Crippen LogP contribution in [0.25, 0.3) is 0 Å². The number of aryl methyl sites for hydroxylation is 1. The maximum absolute atomic E-state index is 11.3. The molecule has 1 aromatic rings. The highest BCUT2D eigenvalue weighted by Gasteiger charge is 2.16. The van der Waals surface area contributed by atoms with Crippen LogP contribution in [0, 0.1) is 17.2 Å². The summed E-state index contributed by atoms with van der Waals surface area (Å²) in [6.07, 6.45) is 1.68. The molecule has 1 aromatic heterocycles. The lowest BCUT2D eigenvalue weighted by Crippen LogP contribution is -2.10. The molecule has 62 valence electrons. The van der Waals surface area contributed by atoms with Crippen LogP contribution in [0.15, 0.2) is 12.3 Å². The quantitative estimate of drug-likeness (QED) is 0.605. The average molecular weight is 163 g/mol. The first-order chi connectivity index (χ1) is 5.65. The molecule has 4 heteroatoms. The van der Waals surface area contributed by atoms with Gasteiger partial charge in [0.1, 0.15) is 11.6 Å². The van der Waals surface area contributed by atoms with Gasteiger partial charge in [0.2, 0.25) is 0 Å². The number of Topliss-reactive ketones (excluding diaryl/α,β-unsaturated/α-hetero) is 1. The van der Waals surface area contributed by atoms with Crippen molar-refractivity contribution in [2.45, 2.75) is 6.92 Å². The number of nitrogens with zero attached hydrogens (tertiary/aromatic N) is 3. The van der Waals surface area contributed by atoms with Crippen molar-refractivity contribution in [1.82, 2.24) is 9.78 Å². The van der Waals surface area contributed by atoms with E-state index in [-0.39, 0.29) is 5.78 Å². The summed E-state index contributed by atoms with van der Waals surface area (Å²) in [7, 11) is 1.73. The molecule has 1 unspecified atom stereocenters. The zero-order valence-electron chi connectivity index (χ0n) is 6.98. The van der Waals surface area contributed by atoms with Crippen molar-refractivity contribution in [2.24, 2.45) is 13.0 Å². The van der Waals surface area contributed by atoms with Gasteiger partial charge in [-0.15, -0.1) is 0 Å². The van der Waals surface area contributed by atoms with Gasteiger partial charge in [-0.05, 0) is 13.0 Å². The summed E-state index contributed by atoms with van der Waals surface area (Å²) < 4.78 is 1.54. The summed E-state index contributed by atoms with van der Waals surface area (Å²) in [5.41, 5.74) is 0.353. The average Bonchev–Trinajstić information content (AvgIpc) is 2.49. The molecular weight excluding hydrogens is 154 g/mol. The fraction of sp³-hybridized carbons (Fsp3) is 0.375. The topological polar surface area (TPSA) is 58.7 Å². The van der Waals surface area contributed by atoms with Crippen LogP contribution >= 0.6 is 0 Å². The van der Waals surface area contributed by atoms with Gasteiger partial charge in [0.25, 0.3) is 0 Å². The van der Waals surface area contributed by atoms with Crippen LogP contribution in [0.2, 0.25) is 0 Å².